The van der Waals surface area contributed by atoms with Crippen LogP contribution in [0.3, 0.4) is 0 Å². The average molecular weight is 323 g/mol. The van der Waals surface area contributed by atoms with Gasteiger partial charge in [0.05, 0.1) is 18.8 Å². The second kappa shape index (κ2) is 7.05. The number of amides is 2. The summed E-state index contributed by atoms with van der Waals surface area (Å²) in [5.41, 5.74) is -0.661. The highest BCUT2D eigenvalue weighted by Gasteiger charge is 2.42. The van der Waals surface area contributed by atoms with Crippen molar-refractivity contribution in [3.63, 3.8) is 0 Å². The van der Waals surface area contributed by atoms with Gasteiger partial charge in [-0.15, -0.1) is 0 Å². The number of carbonyl (C=O) groups excluding carboxylic acids is 1. The first-order chi connectivity index (χ1) is 9.67. The number of sulfonamides is 1. The van der Waals surface area contributed by atoms with Gasteiger partial charge in [-0.3, -0.25) is 0 Å². The van der Waals surface area contributed by atoms with Gasteiger partial charge >= 0.3 is 12.0 Å². The molecule has 9 nitrogen and oxygen atoms in total. The summed E-state index contributed by atoms with van der Waals surface area (Å²) in [6.45, 7) is 3.84. The Morgan fingerprint density at radius 1 is 1.38 bits per heavy atom. The van der Waals surface area contributed by atoms with Crippen LogP contribution in [0.5, 0.6) is 0 Å². The fourth-order valence-electron chi connectivity index (χ4n) is 1.93. The first kappa shape index (κ1) is 17.7. The molecule has 0 unspecified atom stereocenters. The van der Waals surface area contributed by atoms with Crippen molar-refractivity contribution in [3.8, 4) is 0 Å². The minimum atomic E-state index is -3.36. The number of carboxylic acids is 1. The van der Waals surface area contributed by atoms with Crippen LogP contribution in [0.4, 0.5) is 4.79 Å². The van der Waals surface area contributed by atoms with Crippen molar-refractivity contribution in [1.82, 2.24) is 14.9 Å². The Bertz CT molecular complexity index is 486. The number of carbonyl (C=O) groups is 2. The SMILES string of the molecule is CCNS(=O)(=O)CCNC(=O)N1CC(C)(OCC(=O)O)C1. The molecule has 0 aromatic carbocycles. The van der Waals surface area contributed by atoms with E-state index in [1.54, 1.807) is 13.8 Å². The van der Waals surface area contributed by atoms with Gasteiger partial charge in [0.15, 0.2) is 0 Å². The molecular formula is C11H21N3O6S. The number of hydrogen-bond donors (Lipinski definition) is 3. The van der Waals surface area contributed by atoms with Crippen LogP contribution in [-0.4, -0.2) is 74.6 Å². The highest BCUT2D eigenvalue weighted by atomic mass is 32.2. The lowest BCUT2D eigenvalue weighted by Crippen LogP contribution is -2.65. The van der Waals surface area contributed by atoms with Crippen molar-refractivity contribution in [1.29, 1.82) is 0 Å². The molecule has 0 radical (unpaired) electrons. The first-order valence-electron chi connectivity index (χ1n) is 6.53. The Hall–Kier alpha value is -1.39. The monoisotopic (exact) mass is 323 g/mol. The minimum absolute atomic E-state index is 0.0113. The fraction of sp³-hybridized carbons (Fsp3) is 0.818. The van der Waals surface area contributed by atoms with E-state index in [2.05, 4.69) is 10.0 Å². The molecule has 0 spiro atoms. The second-order valence-electron chi connectivity index (χ2n) is 5.04. The quantitative estimate of drug-likeness (QED) is 0.516. The maximum Gasteiger partial charge on any atom is 0.329 e. The van der Waals surface area contributed by atoms with Crippen LogP contribution in [0.25, 0.3) is 0 Å². The third-order valence-electron chi connectivity index (χ3n) is 2.89. The van der Waals surface area contributed by atoms with Gasteiger partial charge in [-0.2, -0.15) is 0 Å². The van der Waals surface area contributed by atoms with E-state index in [9.17, 15) is 18.0 Å². The van der Waals surface area contributed by atoms with Crippen molar-refractivity contribution in [2.75, 3.05) is 38.5 Å². The van der Waals surface area contributed by atoms with Gasteiger partial charge in [-0.1, -0.05) is 6.92 Å². The normalized spacial score (nSPS) is 17.1. The van der Waals surface area contributed by atoms with E-state index >= 15 is 0 Å². The van der Waals surface area contributed by atoms with E-state index < -0.39 is 34.2 Å². The van der Waals surface area contributed by atoms with Crippen LogP contribution >= 0.6 is 0 Å². The number of aliphatic carboxylic acids is 1. The molecule has 1 fully saturated rings. The number of ether oxygens (including phenoxy) is 1. The molecule has 10 heteroatoms. The maximum atomic E-state index is 11.7. The molecule has 0 atom stereocenters. The molecule has 1 aliphatic rings. The zero-order valence-electron chi connectivity index (χ0n) is 12.1. The predicted octanol–water partition coefficient (Wildman–Crippen LogP) is -1.19. The Balaban J connectivity index is 2.26. The van der Waals surface area contributed by atoms with Crippen LogP contribution in [0.1, 0.15) is 13.8 Å². The van der Waals surface area contributed by atoms with E-state index in [1.807, 2.05) is 0 Å². The van der Waals surface area contributed by atoms with Crippen LogP contribution < -0.4 is 10.0 Å². The number of nitrogens with zero attached hydrogens (tertiary/aromatic N) is 1. The zero-order valence-corrected chi connectivity index (χ0v) is 12.9. The standard InChI is InChI=1S/C11H21N3O6S/c1-3-13-21(18,19)5-4-12-10(17)14-7-11(2,8-14)20-6-9(15)16/h13H,3-8H2,1-2H3,(H,12,17)(H,15,16). The molecule has 3 N–H and O–H groups in total. The van der Waals surface area contributed by atoms with Crippen LogP contribution in [-0.2, 0) is 19.6 Å². The number of likely N-dealkylation sites (tertiary alicyclic amines) is 1. The Labute approximate surface area is 123 Å². The predicted molar refractivity (Wildman–Crippen MR) is 74.4 cm³/mol. The Morgan fingerprint density at radius 3 is 2.52 bits per heavy atom. The number of urea groups is 1. The smallest absolute Gasteiger partial charge is 0.329 e. The van der Waals surface area contributed by atoms with Gasteiger partial charge in [-0.05, 0) is 6.92 Å². The molecule has 0 aliphatic carbocycles. The van der Waals surface area contributed by atoms with Crippen LogP contribution in [0, 0.1) is 0 Å². The lowest BCUT2D eigenvalue weighted by Gasteiger charge is -2.46. The lowest BCUT2D eigenvalue weighted by molar-refractivity contribution is -0.159. The van der Waals surface area contributed by atoms with Crippen LogP contribution in [0.2, 0.25) is 0 Å². The third-order valence-corrected chi connectivity index (χ3v) is 4.36. The van der Waals surface area contributed by atoms with Crippen LogP contribution in [0.15, 0.2) is 0 Å². The van der Waals surface area contributed by atoms with Crippen molar-refractivity contribution in [2.45, 2.75) is 19.4 Å². The lowest BCUT2D eigenvalue weighted by atomic mass is 9.97. The summed E-state index contributed by atoms with van der Waals surface area (Å²) < 4.78 is 30.2. The molecule has 122 valence electrons. The summed E-state index contributed by atoms with van der Waals surface area (Å²) in [5.74, 6) is -1.25. The molecule has 1 rings (SSSR count). The second-order valence-corrected chi connectivity index (χ2v) is 6.96. The molecule has 1 heterocycles. The van der Waals surface area contributed by atoms with Crippen molar-refractivity contribution >= 4 is 22.0 Å². The van der Waals surface area contributed by atoms with Gasteiger partial charge < -0.3 is 20.1 Å². The number of nitrogens with one attached hydrogen (secondary N) is 2. The van der Waals surface area contributed by atoms with E-state index in [0.717, 1.165) is 0 Å². The van der Waals surface area contributed by atoms with E-state index in [-0.39, 0.29) is 25.4 Å². The van der Waals surface area contributed by atoms with Gasteiger partial charge in [0.25, 0.3) is 0 Å². The van der Waals surface area contributed by atoms with Crippen molar-refractivity contribution < 1.29 is 27.9 Å². The summed E-state index contributed by atoms with van der Waals surface area (Å²) in [7, 11) is -3.36. The van der Waals surface area contributed by atoms with Gasteiger partial charge in [0.2, 0.25) is 10.0 Å². The van der Waals surface area contributed by atoms with Gasteiger partial charge in [0, 0.05) is 13.1 Å². The topological polar surface area (TPSA) is 125 Å². The number of carboxylic acid groups (broad SMARTS) is 1. The fourth-order valence-corrected chi connectivity index (χ4v) is 2.88. The van der Waals surface area contributed by atoms with Gasteiger partial charge in [0.1, 0.15) is 12.2 Å². The van der Waals surface area contributed by atoms with Gasteiger partial charge in [-0.25, -0.2) is 22.7 Å². The first-order valence-corrected chi connectivity index (χ1v) is 8.18. The largest absolute Gasteiger partial charge is 0.480 e. The molecular weight excluding hydrogens is 302 g/mol. The highest BCUT2D eigenvalue weighted by molar-refractivity contribution is 7.89. The average Bonchev–Trinajstić information content (AvgIpc) is 2.32. The van der Waals surface area contributed by atoms with E-state index in [1.165, 1.54) is 4.90 Å². The molecule has 21 heavy (non-hydrogen) atoms. The maximum absolute atomic E-state index is 11.7. The summed E-state index contributed by atoms with van der Waals surface area (Å²) >= 11 is 0. The number of rotatable bonds is 8. The summed E-state index contributed by atoms with van der Waals surface area (Å²) in [6, 6.07) is -0.391. The van der Waals surface area contributed by atoms with E-state index in [4.69, 9.17) is 9.84 Å². The summed E-state index contributed by atoms with van der Waals surface area (Å²) in [6.07, 6.45) is 0. The molecule has 0 saturated carbocycles. The molecule has 2 amide bonds. The Morgan fingerprint density at radius 2 is 2.00 bits per heavy atom. The molecule has 0 bridgehead atoms. The third kappa shape index (κ3) is 5.86. The summed E-state index contributed by atoms with van der Waals surface area (Å²) in [4.78, 5) is 23.6. The van der Waals surface area contributed by atoms with Crippen molar-refractivity contribution in [2.24, 2.45) is 0 Å². The Kier molecular flexibility index (Phi) is 5.93. The van der Waals surface area contributed by atoms with E-state index in [0.29, 0.717) is 6.54 Å². The van der Waals surface area contributed by atoms with Crippen molar-refractivity contribution in [3.05, 3.63) is 0 Å². The molecule has 0 aromatic rings. The molecule has 0 aromatic heterocycles. The summed E-state index contributed by atoms with van der Waals surface area (Å²) in [5, 5.41) is 11.0. The zero-order chi connectivity index (χ0) is 16.1. The number of hydrogen-bond acceptors (Lipinski definition) is 5. The minimum Gasteiger partial charge on any atom is -0.480 e. The molecule has 1 aliphatic heterocycles. The molecule has 1 saturated heterocycles. The highest BCUT2D eigenvalue weighted by Crippen LogP contribution is 2.24.